The summed E-state index contributed by atoms with van der Waals surface area (Å²) in [6.07, 6.45) is 3.53. The van der Waals surface area contributed by atoms with Crippen molar-refractivity contribution in [2.24, 2.45) is 0 Å². The molecule has 0 aromatic heterocycles. The van der Waals surface area contributed by atoms with Crippen molar-refractivity contribution in [1.29, 1.82) is 0 Å². The van der Waals surface area contributed by atoms with E-state index in [1.165, 1.54) is 11.8 Å². The SMILES string of the molecule is CC(=O)N1C=Cc2ccccc2[C@@H]1CC(=O)NNC(=O)c1ccc(Cl)cc1. The number of carbonyl (C=O) groups excluding carboxylic acids is 3. The Balaban J connectivity index is 1.67. The van der Waals surface area contributed by atoms with Crippen LogP contribution in [0.3, 0.4) is 0 Å². The standard InChI is InChI=1S/C20H18ClN3O3/c1-13(25)24-11-10-14-4-2-3-5-17(14)18(24)12-19(26)22-23-20(27)15-6-8-16(21)9-7-15/h2-11,18H,12H2,1H3,(H,22,26)(H,23,27)/t18-/m0/s1. The predicted molar refractivity (Wildman–Crippen MR) is 102 cm³/mol. The highest BCUT2D eigenvalue weighted by Gasteiger charge is 2.28. The third-order valence-electron chi connectivity index (χ3n) is 4.27. The smallest absolute Gasteiger partial charge is 0.269 e. The summed E-state index contributed by atoms with van der Waals surface area (Å²) >= 11 is 5.79. The van der Waals surface area contributed by atoms with Crippen LogP contribution in [0.15, 0.2) is 54.7 Å². The molecule has 3 rings (SSSR count). The van der Waals surface area contributed by atoms with Crippen LogP contribution in [-0.2, 0) is 9.59 Å². The maximum atomic E-state index is 12.4. The minimum absolute atomic E-state index is 0.0157. The Morgan fingerprint density at radius 1 is 1.04 bits per heavy atom. The van der Waals surface area contributed by atoms with Gasteiger partial charge in [-0.1, -0.05) is 35.9 Å². The van der Waals surface area contributed by atoms with Crippen LogP contribution >= 0.6 is 11.6 Å². The second-order valence-electron chi connectivity index (χ2n) is 6.10. The van der Waals surface area contributed by atoms with Gasteiger partial charge in [0.25, 0.3) is 5.91 Å². The van der Waals surface area contributed by atoms with Gasteiger partial charge in [-0.25, -0.2) is 0 Å². The molecule has 2 aromatic rings. The van der Waals surface area contributed by atoms with E-state index in [9.17, 15) is 14.4 Å². The second kappa shape index (κ2) is 8.05. The number of carbonyl (C=O) groups is 3. The Kier molecular flexibility index (Phi) is 5.57. The summed E-state index contributed by atoms with van der Waals surface area (Å²) in [5.74, 6) is -1.02. The van der Waals surface area contributed by atoms with Crippen LogP contribution in [0.1, 0.15) is 40.9 Å². The number of benzene rings is 2. The zero-order chi connectivity index (χ0) is 19.4. The summed E-state index contributed by atoms with van der Waals surface area (Å²) in [5, 5.41) is 0.518. The molecule has 138 valence electrons. The van der Waals surface area contributed by atoms with Crippen molar-refractivity contribution >= 4 is 35.4 Å². The van der Waals surface area contributed by atoms with E-state index in [2.05, 4.69) is 10.9 Å². The molecule has 0 saturated heterocycles. The number of rotatable bonds is 3. The largest absolute Gasteiger partial charge is 0.311 e. The molecular formula is C20H18ClN3O3. The topological polar surface area (TPSA) is 78.5 Å². The zero-order valence-corrected chi connectivity index (χ0v) is 15.4. The lowest BCUT2D eigenvalue weighted by Crippen LogP contribution is -2.43. The van der Waals surface area contributed by atoms with Gasteiger partial charge < -0.3 is 4.90 Å². The average molecular weight is 384 g/mol. The van der Waals surface area contributed by atoms with E-state index in [1.54, 1.807) is 30.5 Å². The van der Waals surface area contributed by atoms with Crippen LogP contribution in [0, 0.1) is 0 Å². The fraction of sp³-hybridized carbons (Fsp3) is 0.150. The molecule has 27 heavy (non-hydrogen) atoms. The molecular weight excluding hydrogens is 366 g/mol. The molecule has 6 nitrogen and oxygen atoms in total. The molecule has 7 heteroatoms. The molecule has 2 aromatic carbocycles. The summed E-state index contributed by atoms with van der Waals surface area (Å²) in [6.45, 7) is 1.45. The quantitative estimate of drug-likeness (QED) is 0.799. The summed E-state index contributed by atoms with van der Waals surface area (Å²) in [5.41, 5.74) is 6.98. The van der Waals surface area contributed by atoms with Gasteiger partial charge in [0.05, 0.1) is 12.5 Å². The first-order valence-electron chi connectivity index (χ1n) is 8.36. The molecule has 0 spiro atoms. The maximum absolute atomic E-state index is 12.4. The fourth-order valence-corrected chi connectivity index (χ4v) is 3.07. The van der Waals surface area contributed by atoms with Gasteiger partial charge in [-0.05, 0) is 41.5 Å². The number of nitrogens with one attached hydrogen (secondary N) is 2. The van der Waals surface area contributed by atoms with Crippen LogP contribution < -0.4 is 10.9 Å². The van der Waals surface area contributed by atoms with E-state index < -0.39 is 17.9 Å². The summed E-state index contributed by atoms with van der Waals surface area (Å²) in [4.78, 5) is 37.9. The molecule has 1 atom stereocenters. The fourth-order valence-electron chi connectivity index (χ4n) is 2.94. The zero-order valence-electron chi connectivity index (χ0n) is 14.6. The Morgan fingerprint density at radius 2 is 1.74 bits per heavy atom. The van der Waals surface area contributed by atoms with Gasteiger partial charge in [-0.3, -0.25) is 25.2 Å². The second-order valence-corrected chi connectivity index (χ2v) is 6.54. The van der Waals surface area contributed by atoms with E-state index in [-0.39, 0.29) is 12.3 Å². The summed E-state index contributed by atoms with van der Waals surface area (Å²) < 4.78 is 0. The average Bonchev–Trinajstić information content (AvgIpc) is 2.66. The molecule has 0 saturated carbocycles. The van der Waals surface area contributed by atoms with E-state index >= 15 is 0 Å². The first-order chi connectivity index (χ1) is 13.0. The maximum Gasteiger partial charge on any atom is 0.269 e. The van der Waals surface area contributed by atoms with Gasteiger partial charge in [-0.2, -0.15) is 0 Å². The number of hydrogen-bond donors (Lipinski definition) is 2. The molecule has 3 amide bonds. The van der Waals surface area contributed by atoms with E-state index in [1.807, 2.05) is 30.3 Å². The van der Waals surface area contributed by atoms with E-state index in [0.29, 0.717) is 10.6 Å². The van der Waals surface area contributed by atoms with Gasteiger partial charge in [-0.15, -0.1) is 0 Å². The third-order valence-corrected chi connectivity index (χ3v) is 4.52. The number of nitrogens with zero attached hydrogens (tertiary/aromatic N) is 1. The lowest BCUT2D eigenvalue weighted by molar-refractivity contribution is -0.130. The normalized spacial score (nSPS) is 15.0. The van der Waals surface area contributed by atoms with Crippen LogP contribution in [0.25, 0.3) is 6.08 Å². The molecule has 0 fully saturated rings. The first-order valence-corrected chi connectivity index (χ1v) is 8.74. The number of halogens is 1. The monoisotopic (exact) mass is 383 g/mol. The summed E-state index contributed by atoms with van der Waals surface area (Å²) in [6, 6.07) is 13.4. The highest BCUT2D eigenvalue weighted by Crippen LogP contribution is 2.32. The number of fused-ring (bicyclic) bond motifs is 1. The Hall–Kier alpha value is -3.12. The number of hydrazine groups is 1. The lowest BCUT2D eigenvalue weighted by atomic mass is 9.93. The van der Waals surface area contributed by atoms with Crippen molar-refractivity contribution in [3.05, 3.63) is 76.4 Å². The minimum Gasteiger partial charge on any atom is -0.311 e. The molecule has 1 aliphatic rings. The van der Waals surface area contributed by atoms with Crippen molar-refractivity contribution in [2.45, 2.75) is 19.4 Å². The molecule has 0 bridgehead atoms. The van der Waals surface area contributed by atoms with Crippen molar-refractivity contribution in [3.8, 4) is 0 Å². The Bertz CT molecular complexity index is 909. The van der Waals surface area contributed by atoms with E-state index in [4.69, 9.17) is 11.6 Å². The highest BCUT2D eigenvalue weighted by atomic mass is 35.5. The van der Waals surface area contributed by atoms with Gasteiger partial charge in [0.1, 0.15) is 0 Å². The Labute approximate surface area is 161 Å². The van der Waals surface area contributed by atoms with Crippen LogP contribution in [0.5, 0.6) is 0 Å². The molecule has 1 heterocycles. The van der Waals surface area contributed by atoms with Crippen LogP contribution in [-0.4, -0.2) is 22.6 Å². The van der Waals surface area contributed by atoms with Crippen LogP contribution in [0.2, 0.25) is 5.02 Å². The van der Waals surface area contributed by atoms with E-state index in [0.717, 1.165) is 11.1 Å². The molecule has 1 aliphatic heterocycles. The minimum atomic E-state index is -0.451. The van der Waals surface area contributed by atoms with Crippen molar-refractivity contribution in [2.75, 3.05) is 0 Å². The van der Waals surface area contributed by atoms with Crippen LogP contribution in [0.4, 0.5) is 0 Å². The van der Waals surface area contributed by atoms with Crippen molar-refractivity contribution < 1.29 is 14.4 Å². The van der Waals surface area contributed by atoms with Gasteiger partial charge in [0.15, 0.2) is 0 Å². The van der Waals surface area contributed by atoms with Gasteiger partial charge in [0.2, 0.25) is 11.8 Å². The first kappa shape index (κ1) is 18.7. The third kappa shape index (κ3) is 4.35. The van der Waals surface area contributed by atoms with Crippen molar-refractivity contribution in [3.63, 3.8) is 0 Å². The van der Waals surface area contributed by atoms with Crippen molar-refractivity contribution in [1.82, 2.24) is 15.8 Å². The molecule has 0 unspecified atom stereocenters. The Morgan fingerprint density at radius 3 is 2.44 bits per heavy atom. The van der Waals surface area contributed by atoms with Gasteiger partial charge >= 0.3 is 0 Å². The molecule has 2 N–H and O–H groups in total. The molecule has 0 aliphatic carbocycles. The summed E-state index contributed by atoms with van der Waals surface area (Å²) in [7, 11) is 0. The lowest BCUT2D eigenvalue weighted by Gasteiger charge is -2.32. The molecule has 0 radical (unpaired) electrons. The van der Waals surface area contributed by atoms with Gasteiger partial charge in [0, 0.05) is 23.7 Å². The highest BCUT2D eigenvalue weighted by molar-refractivity contribution is 6.30. The predicted octanol–water partition coefficient (Wildman–Crippen LogP) is 3.07. The number of amides is 3. The number of hydrogen-bond acceptors (Lipinski definition) is 3.